The molecule has 8 heteroatoms. The second-order valence-electron chi connectivity index (χ2n) is 8.05. The first-order valence-corrected chi connectivity index (χ1v) is 10.9. The quantitative estimate of drug-likeness (QED) is 0.449. The molecule has 0 bridgehead atoms. The third kappa shape index (κ3) is 4.38. The lowest BCUT2D eigenvalue weighted by Gasteiger charge is -2.13. The summed E-state index contributed by atoms with van der Waals surface area (Å²) in [5.41, 5.74) is 2.70. The summed E-state index contributed by atoms with van der Waals surface area (Å²) in [5, 5.41) is 11.9. The van der Waals surface area contributed by atoms with Crippen LogP contribution < -0.4 is 10.3 Å². The van der Waals surface area contributed by atoms with E-state index in [0.717, 1.165) is 24.0 Å². The first-order valence-electron chi connectivity index (χ1n) is 10.9. The first kappa shape index (κ1) is 21.0. The summed E-state index contributed by atoms with van der Waals surface area (Å²) in [4.78, 5) is 29.3. The minimum Gasteiger partial charge on any atom is -0.489 e. The summed E-state index contributed by atoms with van der Waals surface area (Å²) < 4.78 is 12.8. The fourth-order valence-corrected chi connectivity index (χ4v) is 4.07. The molecule has 4 aromatic rings. The largest absolute Gasteiger partial charge is 0.489 e. The van der Waals surface area contributed by atoms with Crippen molar-refractivity contribution in [2.24, 2.45) is 0 Å². The van der Waals surface area contributed by atoms with Gasteiger partial charge in [0.15, 0.2) is 5.65 Å². The van der Waals surface area contributed by atoms with Crippen LogP contribution >= 0.6 is 0 Å². The average Bonchev–Trinajstić information content (AvgIpc) is 3.51. The summed E-state index contributed by atoms with van der Waals surface area (Å²) in [5.74, 6) is -0.446. The number of fused-ring (bicyclic) bond motifs is 1. The highest BCUT2D eigenvalue weighted by Gasteiger charge is 2.23. The number of hydrogen-bond acceptors (Lipinski definition) is 5. The molecule has 5 rings (SSSR count). The van der Waals surface area contributed by atoms with Crippen molar-refractivity contribution in [3.63, 3.8) is 0 Å². The third-order valence-electron chi connectivity index (χ3n) is 5.77. The Kier molecular flexibility index (Phi) is 5.66. The lowest BCUT2D eigenvalue weighted by atomic mass is 10.0. The molecule has 1 atom stereocenters. The van der Waals surface area contributed by atoms with Crippen LogP contribution in [0.2, 0.25) is 0 Å². The van der Waals surface area contributed by atoms with Crippen LogP contribution in [0.4, 0.5) is 0 Å². The molecule has 0 amide bonds. The molecule has 1 aliphatic rings. The van der Waals surface area contributed by atoms with Gasteiger partial charge in [0.2, 0.25) is 0 Å². The molecule has 2 aromatic carbocycles. The molecule has 33 heavy (non-hydrogen) atoms. The number of aromatic nitrogens is 3. The molecule has 168 valence electrons. The van der Waals surface area contributed by atoms with Gasteiger partial charge in [-0.3, -0.25) is 9.89 Å². The van der Waals surface area contributed by atoms with Gasteiger partial charge in [0.25, 0.3) is 5.56 Å². The molecule has 0 spiro atoms. The molecule has 2 N–H and O–H groups in total. The highest BCUT2D eigenvalue weighted by Crippen LogP contribution is 2.26. The molecule has 2 aromatic heterocycles. The minimum absolute atomic E-state index is 0.0568. The van der Waals surface area contributed by atoms with Crippen molar-refractivity contribution in [1.29, 1.82) is 0 Å². The first-order chi connectivity index (χ1) is 16.1. The number of hydrogen-bond donors (Lipinski definition) is 2. The fraction of sp³-hybridized carbons (Fsp3) is 0.240. The maximum atomic E-state index is 13.3. The number of ether oxygens (including phenoxy) is 2. The smallest absolute Gasteiger partial charge is 0.353 e. The zero-order valence-corrected chi connectivity index (χ0v) is 17.9. The normalized spacial score (nSPS) is 15.7. The number of nitrogens with zero attached hydrogens (tertiary/aromatic N) is 2. The molecule has 1 unspecified atom stereocenters. The number of H-pyrrole nitrogens is 1. The van der Waals surface area contributed by atoms with Crippen molar-refractivity contribution in [2.45, 2.75) is 32.0 Å². The predicted octanol–water partition coefficient (Wildman–Crippen LogP) is 3.69. The molecule has 1 fully saturated rings. The van der Waals surface area contributed by atoms with Crippen LogP contribution in [-0.4, -0.2) is 38.4 Å². The van der Waals surface area contributed by atoms with Crippen LogP contribution in [0.15, 0.2) is 65.5 Å². The van der Waals surface area contributed by atoms with E-state index in [0.29, 0.717) is 36.6 Å². The summed E-state index contributed by atoms with van der Waals surface area (Å²) in [7, 11) is 0. The zero-order valence-electron chi connectivity index (χ0n) is 17.9. The van der Waals surface area contributed by atoms with Gasteiger partial charge >= 0.3 is 5.97 Å². The van der Waals surface area contributed by atoms with E-state index in [2.05, 4.69) is 10.1 Å². The SMILES string of the molecule is O=C(O)c1cc2nc(-c3ccc(OCc4ccccc4)cc3)c(CC3CCCO3)c(=O)n2[nH]1. The fourth-order valence-electron chi connectivity index (χ4n) is 4.07. The van der Waals surface area contributed by atoms with Crippen molar-refractivity contribution in [1.82, 2.24) is 14.6 Å². The second kappa shape index (κ2) is 8.91. The lowest BCUT2D eigenvalue weighted by molar-refractivity contribution is 0.0690. The van der Waals surface area contributed by atoms with Crippen LogP contribution in [0.25, 0.3) is 16.9 Å². The predicted molar refractivity (Wildman–Crippen MR) is 122 cm³/mol. The van der Waals surface area contributed by atoms with Crippen molar-refractivity contribution in [3.05, 3.63) is 87.8 Å². The summed E-state index contributed by atoms with van der Waals surface area (Å²) in [6.07, 6.45) is 2.19. The van der Waals surface area contributed by atoms with Crippen molar-refractivity contribution >= 4 is 11.6 Å². The number of carbonyl (C=O) groups is 1. The molecule has 0 radical (unpaired) electrons. The Bertz CT molecular complexity index is 1340. The van der Waals surface area contributed by atoms with Crippen LogP contribution in [-0.2, 0) is 17.8 Å². The maximum absolute atomic E-state index is 13.3. The summed E-state index contributed by atoms with van der Waals surface area (Å²) in [6, 6.07) is 18.7. The Hall–Kier alpha value is -3.91. The Morgan fingerprint density at radius 2 is 1.97 bits per heavy atom. The number of carboxylic acids is 1. The monoisotopic (exact) mass is 445 g/mol. The van der Waals surface area contributed by atoms with Crippen molar-refractivity contribution < 1.29 is 19.4 Å². The van der Waals surface area contributed by atoms with Gasteiger partial charge in [-0.2, -0.15) is 0 Å². The van der Waals surface area contributed by atoms with Gasteiger partial charge in [-0.25, -0.2) is 14.3 Å². The van der Waals surface area contributed by atoms with E-state index < -0.39 is 5.97 Å². The second-order valence-corrected chi connectivity index (χ2v) is 8.05. The number of nitrogens with one attached hydrogen (secondary N) is 1. The summed E-state index contributed by atoms with van der Waals surface area (Å²) >= 11 is 0. The molecule has 1 saturated heterocycles. The molecule has 0 saturated carbocycles. The molecule has 8 nitrogen and oxygen atoms in total. The van der Waals surface area contributed by atoms with Gasteiger partial charge in [-0.15, -0.1) is 0 Å². The van der Waals surface area contributed by atoms with E-state index >= 15 is 0 Å². The standard InChI is InChI=1S/C25H23N3O5/c29-24-20(13-19-7-4-12-32-19)23(26-22-14-21(25(30)31)27-28(22)24)17-8-10-18(11-9-17)33-15-16-5-2-1-3-6-16/h1-3,5-6,8-11,14,19,27H,4,7,12-13,15H2,(H,30,31). The highest BCUT2D eigenvalue weighted by molar-refractivity contribution is 5.86. The number of rotatable bonds is 7. The number of benzene rings is 2. The zero-order chi connectivity index (χ0) is 22.8. The van der Waals surface area contributed by atoms with Crippen molar-refractivity contribution in [3.8, 4) is 17.0 Å². The molecule has 0 aliphatic carbocycles. The average molecular weight is 445 g/mol. The van der Waals surface area contributed by atoms with Gasteiger partial charge < -0.3 is 14.6 Å². The third-order valence-corrected chi connectivity index (χ3v) is 5.77. The van der Waals surface area contributed by atoms with Gasteiger partial charge in [0, 0.05) is 30.2 Å². The maximum Gasteiger partial charge on any atom is 0.353 e. The van der Waals surface area contributed by atoms with Gasteiger partial charge in [0.05, 0.1) is 11.8 Å². The van der Waals surface area contributed by atoms with Crippen LogP contribution in [0.5, 0.6) is 5.75 Å². The van der Waals surface area contributed by atoms with E-state index in [4.69, 9.17) is 9.47 Å². The van der Waals surface area contributed by atoms with E-state index in [1.807, 2.05) is 54.6 Å². The highest BCUT2D eigenvalue weighted by atomic mass is 16.5. The van der Waals surface area contributed by atoms with Crippen LogP contribution in [0.1, 0.15) is 34.5 Å². The van der Waals surface area contributed by atoms with Crippen LogP contribution in [0.3, 0.4) is 0 Å². The number of aromatic amines is 1. The summed E-state index contributed by atoms with van der Waals surface area (Å²) in [6.45, 7) is 1.13. The molecular weight excluding hydrogens is 422 g/mol. The Balaban J connectivity index is 1.49. The van der Waals surface area contributed by atoms with E-state index in [1.54, 1.807) is 0 Å². The van der Waals surface area contributed by atoms with Gasteiger partial charge in [-0.1, -0.05) is 30.3 Å². The lowest BCUT2D eigenvalue weighted by Crippen LogP contribution is -2.25. The Morgan fingerprint density at radius 3 is 2.67 bits per heavy atom. The number of aromatic carboxylic acids is 1. The Labute approximate surface area is 189 Å². The molecule has 1 aliphatic heterocycles. The van der Waals surface area contributed by atoms with E-state index in [9.17, 15) is 14.7 Å². The van der Waals surface area contributed by atoms with Gasteiger partial charge in [0.1, 0.15) is 18.1 Å². The van der Waals surface area contributed by atoms with E-state index in [1.165, 1.54) is 10.6 Å². The van der Waals surface area contributed by atoms with Crippen molar-refractivity contribution in [2.75, 3.05) is 6.61 Å². The van der Waals surface area contributed by atoms with Gasteiger partial charge in [-0.05, 0) is 42.7 Å². The molecular formula is C25H23N3O5. The molecule has 3 heterocycles. The van der Waals surface area contributed by atoms with Crippen LogP contribution in [0, 0.1) is 0 Å². The topological polar surface area (TPSA) is 106 Å². The minimum atomic E-state index is -1.15. The van der Waals surface area contributed by atoms with E-state index in [-0.39, 0.29) is 23.0 Å². The number of carboxylic acid groups (broad SMARTS) is 1. The Morgan fingerprint density at radius 1 is 1.18 bits per heavy atom.